The lowest BCUT2D eigenvalue weighted by molar-refractivity contribution is -0.0512. The zero-order chi connectivity index (χ0) is 22.4. The van der Waals surface area contributed by atoms with Crippen LogP contribution in [-0.2, 0) is 6.54 Å². The third-order valence-electron chi connectivity index (χ3n) is 4.61. The highest BCUT2D eigenvalue weighted by Crippen LogP contribution is 2.30. The Morgan fingerprint density at radius 2 is 1.81 bits per heavy atom. The summed E-state index contributed by atoms with van der Waals surface area (Å²) < 4.78 is 34.7. The summed E-state index contributed by atoms with van der Waals surface area (Å²) in [6.07, 6.45) is 0. The largest absolute Gasteiger partial charge is 0.493 e. The summed E-state index contributed by atoms with van der Waals surface area (Å²) in [6, 6.07) is 14.1. The standard InChI is InChI=1S/C21H24F2N6O2/c1-13(18-26-20(24)28-21(27-18)25-15-7-5-4-6-8-15)29(2)12-14-9-10-16(31-19(22)23)17(11-14)30-3/h4-11,13,19H,12H2,1-3H3,(H3,24,25,26,27,28)/t13-/m0/s1. The van der Waals surface area contributed by atoms with Gasteiger partial charge in [0.25, 0.3) is 0 Å². The van der Waals surface area contributed by atoms with Crippen LogP contribution < -0.4 is 20.5 Å². The second-order valence-electron chi connectivity index (χ2n) is 6.82. The van der Waals surface area contributed by atoms with Gasteiger partial charge in [-0.15, -0.1) is 0 Å². The number of anilines is 3. The molecule has 0 aliphatic rings. The lowest BCUT2D eigenvalue weighted by Crippen LogP contribution is -2.24. The van der Waals surface area contributed by atoms with Gasteiger partial charge in [-0.2, -0.15) is 23.7 Å². The van der Waals surface area contributed by atoms with Crippen molar-refractivity contribution >= 4 is 17.6 Å². The number of halogens is 2. The summed E-state index contributed by atoms with van der Waals surface area (Å²) in [6.45, 7) is -0.498. The Morgan fingerprint density at radius 1 is 1.06 bits per heavy atom. The quantitative estimate of drug-likeness (QED) is 0.526. The van der Waals surface area contributed by atoms with Gasteiger partial charge in [-0.05, 0) is 43.8 Å². The van der Waals surface area contributed by atoms with Gasteiger partial charge in [0.2, 0.25) is 11.9 Å². The van der Waals surface area contributed by atoms with Crippen LogP contribution >= 0.6 is 0 Å². The van der Waals surface area contributed by atoms with E-state index in [1.165, 1.54) is 13.2 Å². The van der Waals surface area contributed by atoms with Gasteiger partial charge in [-0.1, -0.05) is 24.3 Å². The number of nitrogen functional groups attached to an aromatic ring is 1. The van der Waals surface area contributed by atoms with Gasteiger partial charge >= 0.3 is 6.61 Å². The Labute approximate surface area is 179 Å². The molecule has 8 nitrogen and oxygen atoms in total. The van der Waals surface area contributed by atoms with Crippen molar-refractivity contribution in [3.05, 3.63) is 59.9 Å². The number of hydrogen-bond donors (Lipinski definition) is 2. The molecule has 164 valence electrons. The van der Waals surface area contributed by atoms with Crippen molar-refractivity contribution in [3.8, 4) is 11.5 Å². The van der Waals surface area contributed by atoms with Crippen LogP contribution in [0.4, 0.5) is 26.4 Å². The van der Waals surface area contributed by atoms with E-state index in [-0.39, 0.29) is 23.5 Å². The first-order valence-corrected chi connectivity index (χ1v) is 9.51. The lowest BCUT2D eigenvalue weighted by atomic mass is 10.1. The molecular weight excluding hydrogens is 406 g/mol. The van der Waals surface area contributed by atoms with Crippen molar-refractivity contribution in [3.63, 3.8) is 0 Å². The summed E-state index contributed by atoms with van der Waals surface area (Å²) in [5.74, 6) is 1.18. The molecule has 31 heavy (non-hydrogen) atoms. The maximum absolute atomic E-state index is 12.5. The van der Waals surface area contributed by atoms with Gasteiger partial charge in [0.15, 0.2) is 17.3 Å². The summed E-state index contributed by atoms with van der Waals surface area (Å²) in [4.78, 5) is 14.9. The van der Waals surface area contributed by atoms with Crippen LogP contribution in [0.15, 0.2) is 48.5 Å². The van der Waals surface area contributed by atoms with Crippen molar-refractivity contribution < 1.29 is 18.3 Å². The van der Waals surface area contributed by atoms with E-state index in [0.717, 1.165) is 11.3 Å². The molecule has 3 N–H and O–H groups in total. The van der Waals surface area contributed by atoms with Crippen molar-refractivity contribution in [2.45, 2.75) is 26.1 Å². The molecule has 1 heterocycles. The first kappa shape index (κ1) is 22.2. The number of ether oxygens (including phenoxy) is 2. The van der Waals surface area contributed by atoms with Crippen molar-refractivity contribution in [1.29, 1.82) is 0 Å². The molecule has 10 heteroatoms. The predicted octanol–water partition coefficient (Wildman–Crippen LogP) is 4.00. The van der Waals surface area contributed by atoms with E-state index in [2.05, 4.69) is 25.0 Å². The molecule has 3 aromatic rings. The summed E-state index contributed by atoms with van der Waals surface area (Å²) in [5, 5.41) is 3.11. The van der Waals surface area contributed by atoms with Crippen LogP contribution in [0.5, 0.6) is 11.5 Å². The van der Waals surface area contributed by atoms with Gasteiger partial charge in [0.1, 0.15) is 0 Å². The predicted molar refractivity (Wildman–Crippen MR) is 113 cm³/mol. The maximum Gasteiger partial charge on any atom is 0.387 e. The third-order valence-corrected chi connectivity index (χ3v) is 4.61. The molecule has 0 aliphatic heterocycles. The second-order valence-corrected chi connectivity index (χ2v) is 6.82. The molecule has 1 atom stereocenters. The Balaban J connectivity index is 1.74. The zero-order valence-electron chi connectivity index (χ0n) is 17.4. The first-order chi connectivity index (χ1) is 14.9. The number of nitrogens with one attached hydrogen (secondary N) is 1. The fourth-order valence-electron chi connectivity index (χ4n) is 2.93. The number of rotatable bonds is 9. The second kappa shape index (κ2) is 9.98. The summed E-state index contributed by atoms with van der Waals surface area (Å²) >= 11 is 0. The monoisotopic (exact) mass is 430 g/mol. The lowest BCUT2D eigenvalue weighted by Gasteiger charge is -2.24. The van der Waals surface area contributed by atoms with Crippen LogP contribution in [0.25, 0.3) is 0 Å². The Kier molecular flexibility index (Phi) is 7.14. The molecule has 0 amide bonds. The Morgan fingerprint density at radius 3 is 2.48 bits per heavy atom. The first-order valence-electron chi connectivity index (χ1n) is 9.51. The molecule has 0 bridgehead atoms. The molecule has 2 aromatic carbocycles. The van der Waals surface area contributed by atoms with E-state index in [1.807, 2.05) is 49.2 Å². The third kappa shape index (κ3) is 5.98. The highest BCUT2D eigenvalue weighted by atomic mass is 19.3. The van der Waals surface area contributed by atoms with Crippen LogP contribution in [-0.4, -0.2) is 40.6 Å². The minimum absolute atomic E-state index is 0.0150. The number of alkyl halides is 2. The molecule has 0 radical (unpaired) electrons. The van der Waals surface area contributed by atoms with Crippen molar-refractivity contribution in [2.24, 2.45) is 0 Å². The van der Waals surface area contributed by atoms with Gasteiger partial charge in [0, 0.05) is 12.2 Å². The van der Waals surface area contributed by atoms with Crippen LogP contribution in [0.2, 0.25) is 0 Å². The number of methoxy groups -OCH3 is 1. The van der Waals surface area contributed by atoms with E-state index in [1.54, 1.807) is 12.1 Å². The topological polar surface area (TPSA) is 98.4 Å². The van der Waals surface area contributed by atoms with Gasteiger partial charge in [-0.3, -0.25) is 4.90 Å². The molecule has 0 spiro atoms. The van der Waals surface area contributed by atoms with Crippen LogP contribution in [0, 0.1) is 0 Å². The molecule has 0 unspecified atom stereocenters. The van der Waals surface area contributed by atoms with Gasteiger partial charge < -0.3 is 20.5 Å². The zero-order valence-corrected chi connectivity index (χ0v) is 17.4. The number of hydrogen-bond acceptors (Lipinski definition) is 8. The molecule has 1 aromatic heterocycles. The Bertz CT molecular complexity index is 1010. The highest BCUT2D eigenvalue weighted by Gasteiger charge is 2.18. The van der Waals surface area contributed by atoms with Gasteiger partial charge in [0.05, 0.1) is 13.2 Å². The number of nitrogens with two attached hydrogens (primary N) is 1. The fraction of sp³-hybridized carbons (Fsp3) is 0.286. The van der Waals surface area contributed by atoms with E-state index in [4.69, 9.17) is 10.5 Å². The highest BCUT2D eigenvalue weighted by molar-refractivity contribution is 5.53. The van der Waals surface area contributed by atoms with E-state index < -0.39 is 6.61 Å². The van der Waals surface area contributed by atoms with Gasteiger partial charge in [-0.25, -0.2) is 0 Å². The summed E-state index contributed by atoms with van der Waals surface area (Å²) in [7, 11) is 3.30. The van der Waals surface area contributed by atoms with E-state index in [9.17, 15) is 8.78 Å². The smallest absolute Gasteiger partial charge is 0.387 e. The number of aromatic nitrogens is 3. The molecule has 3 rings (SSSR count). The van der Waals surface area contributed by atoms with Crippen molar-refractivity contribution in [1.82, 2.24) is 19.9 Å². The minimum Gasteiger partial charge on any atom is -0.493 e. The fourth-order valence-corrected chi connectivity index (χ4v) is 2.93. The molecule has 0 saturated heterocycles. The average Bonchev–Trinajstić information content (AvgIpc) is 2.74. The van der Waals surface area contributed by atoms with Crippen LogP contribution in [0.1, 0.15) is 24.4 Å². The van der Waals surface area contributed by atoms with E-state index in [0.29, 0.717) is 18.3 Å². The molecular formula is C21H24F2N6O2. The van der Waals surface area contributed by atoms with Crippen molar-refractivity contribution in [2.75, 3.05) is 25.2 Å². The average molecular weight is 430 g/mol. The molecule has 0 aliphatic carbocycles. The number of nitrogens with zero attached hydrogens (tertiary/aromatic N) is 4. The molecule has 0 saturated carbocycles. The minimum atomic E-state index is -2.92. The van der Waals surface area contributed by atoms with E-state index >= 15 is 0 Å². The van der Waals surface area contributed by atoms with Crippen LogP contribution in [0.3, 0.4) is 0 Å². The Hall–Kier alpha value is -3.53. The molecule has 0 fully saturated rings. The SMILES string of the molecule is COc1cc(CN(C)[C@@H](C)c2nc(N)nc(Nc3ccccc3)n2)ccc1OC(F)F. The number of para-hydroxylation sites is 1. The normalized spacial score (nSPS) is 12.1. The summed E-state index contributed by atoms with van der Waals surface area (Å²) in [5.41, 5.74) is 7.56. The maximum atomic E-state index is 12.5. The number of benzene rings is 2.